The molecule has 2 amide bonds. The monoisotopic (exact) mass is 375 g/mol. The Labute approximate surface area is 160 Å². The molecule has 0 bridgehead atoms. The van der Waals surface area contributed by atoms with Crippen molar-refractivity contribution < 1.29 is 14.3 Å². The molecule has 0 spiro atoms. The van der Waals surface area contributed by atoms with Gasteiger partial charge in [-0.1, -0.05) is 0 Å². The molecule has 0 radical (unpaired) electrons. The lowest BCUT2D eigenvalue weighted by atomic mass is 10.2. The van der Waals surface area contributed by atoms with Crippen LogP contribution in [0, 0.1) is 5.92 Å². The standard InChI is InChI=1S/C19H29N5O3/c1-3-20-19(23-12-10-21-17(25)14-4-5-14)24-13-11-22-18(26)15-6-8-16(27-2)9-7-15/h6-9,14H,3-5,10-13H2,1-2H3,(H,21,25)(H,22,26)(H2,20,23,24). The lowest BCUT2D eigenvalue weighted by Gasteiger charge is -2.12. The van der Waals surface area contributed by atoms with Crippen LogP contribution in [-0.4, -0.2) is 57.6 Å². The van der Waals surface area contributed by atoms with Crippen LogP contribution in [-0.2, 0) is 4.79 Å². The minimum Gasteiger partial charge on any atom is -0.497 e. The number of nitrogens with one attached hydrogen (secondary N) is 4. The van der Waals surface area contributed by atoms with Crippen molar-refractivity contribution in [3.63, 3.8) is 0 Å². The molecule has 8 heteroatoms. The minimum absolute atomic E-state index is 0.129. The van der Waals surface area contributed by atoms with Crippen LogP contribution in [0.3, 0.4) is 0 Å². The minimum atomic E-state index is -0.135. The van der Waals surface area contributed by atoms with E-state index < -0.39 is 0 Å². The Bertz CT molecular complexity index is 641. The van der Waals surface area contributed by atoms with Gasteiger partial charge in [-0.2, -0.15) is 0 Å². The molecule has 0 aliphatic heterocycles. The summed E-state index contributed by atoms with van der Waals surface area (Å²) in [6.07, 6.45) is 2.00. The molecule has 0 saturated heterocycles. The van der Waals surface area contributed by atoms with Crippen molar-refractivity contribution in [2.75, 3.05) is 39.8 Å². The fourth-order valence-corrected chi connectivity index (χ4v) is 2.38. The van der Waals surface area contributed by atoms with Crippen LogP contribution in [0.5, 0.6) is 5.75 Å². The molecule has 0 unspecified atom stereocenters. The molecule has 4 N–H and O–H groups in total. The number of guanidine groups is 1. The number of rotatable bonds is 10. The summed E-state index contributed by atoms with van der Waals surface area (Å²) in [5.41, 5.74) is 0.586. The van der Waals surface area contributed by atoms with Crippen LogP contribution in [0.4, 0.5) is 0 Å². The van der Waals surface area contributed by atoms with Gasteiger partial charge in [-0.05, 0) is 44.0 Å². The summed E-state index contributed by atoms with van der Waals surface area (Å²) in [6.45, 7) is 4.76. The molecule has 1 aromatic carbocycles. The molecule has 1 saturated carbocycles. The number of ether oxygens (including phenoxy) is 1. The molecule has 1 fully saturated rings. The van der Waals surface area contributed by atoms with E-state index in [1.165, 1.54) is 0 Å². The van der Waals surface area contributed by atoms with Crippen molar-refractivity contribution in [2.45, 2.75) is 19.8 Å². The van der Waals surface area contributed by atoms with E-state index in [-0.39, 0.29) is 17.7 Å². The van der Waals surface area contributed by atoms with Gasteiger partial charge in [0.2, 0.25) is 5.91 Å². The smallest absolute Gasteiger partial charge is 0.251 e. The first-order valence-corrected chi connectivity index (χ1v) is 9.36. The molecule has 1 aliphatic carbocycles. The zero-order valence-electron chi connectivity index (χ0n) is 16.0. The van der Waals surface area contributed by atoms with Gasteiger partial charge in [-0.15, -0.1) is 0 Å². The van der Waals surface area contributed by atoms with E-state index in [4.69, 9.17) is 4.74 Å². The summed E-state index contributed by atoms with van der Waals surface area (Å²) >= 11 is 0. The molecule has 8 nitrogen and oxygen atoms in total. The largest absolute Gasteiger partial charge is 0.497 e. The first-order valence-electron chi connectivity index (χ1n) is 9.36. The highest BCUT2D eigenvalue weighted by atomic mass is 16.5. The van der Waals surface area contributed by atoms with Gasteiger partial charge < -0.3 is 26.0 Å². The summed E-state index contributed by atoms with van der Waals surface area (Å²) in [5, 5.41) is 12.0. The molecule has 148 valence electrons. The van der Waals surface area contributed by atoms with Gasteiger partial charge in [0.15, 0.2) is 5.96 Å². The third-order valence-corrected chi connectivity index (χ3v) is 4.03. The Morgan fingerprint density at radius 3 is 2.37 bits per heavy atom. The van der Waals surface area contributed by atoms with Crippen LogP contribution in [0.25, 0.3) is 0 Å². The van der Waals surface area contributed by atoms with E-state index in [2.05, 4.69) is 26.3 Å². The number of hydrogen-bond donors (Lipinski definition) is 4. The second kappa shape index (κ2) is 11.1. The van der Waals surface area contributed by atoms with Crippen molar-refractivity contribution in [1.82, 2.24) is 21.3 Å². The van der Waals surface area contributed by atoms with Crippen molar-refractivity contribution >= 4 is 17.8 Å². The maximum absolute atomic E-state index is 12.1. The Hall–Kier alpha value is -2.77. The third kappa shape index (κ3) is 7.55. The third-order valence-electron chi connectivity index (χ3n) is 4.03. The van der Waals surface area contributed by atoms with Gasteiger partial charge >= 0.3 is 0 Å². The lowest BCUT2D eigenvalue weighted by Crippen LogP contribution is -2.42. The Morgan fingerprint density at radius 2 is 1.74 bits per heavy atom. The van der Waals surface area contributed by atoms with E-state index in [0.29, 0.717) is 43.5 Å². The number of carbonyl (C=O) groups excluding carboxylic acids is 2. The molecule has 1 aromatic rings. The summed E-state index contributed by atoms with van der Waals surface area (Å²) in [6, 6.07) is 6.96. The summed E-state index contributed by atoms with van der Waals surface area (Å²) in [5.74, 6) is 1.59. The Morgan fingerprint density at radius 1 is 1.04 bits per heavy atom. The van der Waals surface area contributed by atoms with Crippen molar-refractivity contribution in [1.29, 1.82) is 0 Å². The van der Waals surface area contributed by atoms with E-state index in [0.717, 1.165) is 19.4 Å². The summed E-state index contributed by atoms with van der Waals surface area (Å²) in [7, 11) is 1.59. The van der Waals surface area contributed by atoms with Gasteiger partial charge in [0, 0.05) is 37.7 Å². The number of methoxy groups -OCH3 is 1. The van der Waals surface area contributed by atoms with E-state index >= 15 is 0 Å². The van der Waals surface area contributed by atoms with Crippen LogP contribution >= 0.6 is 0 Å². The number of benzene rings is 1. The summed E-state index contributed by atoms with van der Waals surface area (Å²) < 4.78 is 5.08. The van der Waals surface area contributed by atoms with Gasteiger partial charge in [0.05, 0.1) is 13.7 Å². The van der Waals surface area contributed by atoms with E-state index in [1.54, 1.807) is 31.4 Å². The first kappa shape index (κ1) is 20.5. The molecule has 0 heterocycles. The number of hydrogen-bond acceptors (Lipinski definition) is 4. The number of aliphatic imine (C=N–C) groups is 1. The van der Waals surface area contributed by atoms with Crippen LogP contribution < -0.4 is 26.0 Å². The fraction of sp³-hybridized carbons (Fsp3) is 0.526. The lowest BCUT2D eigenvalue weighted by molar-refractivity contribution is -0.122. The SMILES string of the molecule is CCNC(=NCCNC(=O)C1CC1)NCCNC(=O)c1ccc(OC)cc1. The number of nitrogens with zero attached hydrogens (tertiary/aromatic N) is 1. The Kier molecular flexibility index (Phi) is 8.41. The van der Waals surface area contributed by atoms with Crippen LogP contribution in [0.1, 0.15) is 30.1 Å². The van der Waals surface area contributed by atoms with E-state index in [9.17, 15) is 9.59 Å². The van der Waals surface area contributed by atoms with Crippen LogP contribution in [0.2, 0.25) is 0 Å². The molecule has 2 rings (SSSR count). The average Bonchev–Trinajstić information content (AvgIpc) is 3.53. The highest BCUT2D eigenvalue weighted by molar-refractivity contribution is 5.94. The maximum atomic E-state index is 12.1. The Balaban J connectivity index is 1.65. The van der Waals surface area contributed by atoms with Crippen molar-refractivity contribution in [2.24, 2.45) is 10.9 Å². The molecular weight excluding hydrogens is 346 g/mol. The number of carbonyl (C=O) groups is 2. The number of amides is 2. The maximum Gasteiger partial charge on any atom is 0.251 e. The van der Waals surface area contributed by atoms with E-state index in [1.807, 2.05) is 6.92 Å². The average molecular weight is 375 g/mol. The molecule has 0 aromatic heterocycles. The fourth-order valence-electron chi connectivity index (χ4n) is 2.38. The second-order valence-electron chi connectivity index (χ2n) is 6.24. The molecule has 1 aliphatic rings. The highest BCUT2D eigenvalue weighted by Crippen LogP contribution is 2.28. The normalized spacial score (nSPS) is 13.6. The summed E-state index contributed by atoms with van der Waals surface area (Å²) in [4.78, 5) is 28.1. The molecule has 0 atom stereocenters. The molecular formula is C19H29N5O3. The van der Waals surface area contributed by atoms with Gasteiger partial charge in [-0.25, -0.2) is 0 Å². The van der Waals surface area contributed by atoms with Crippen molar-refractivity contribution in [3.05, 3.63) is 29.8 Å². The zero-order valence-corrected chi connectivity index (χ0v) is 16.0. The van der Waals surface area contributed by atoms with Gasteiger partial charge in [-0.3, -0.25) is 14.6 Å². The van der Waals surface area contributed by atoms with Crippen molar-refractivity contribution in [3.8, 4) is 5.75 Å². The van der Waals surface area contributed by atoms with Crippen LogP contribution in [0.15, 0.2) is 29.3 Å². The first-order chi connectivity index (χ1) is 13.1. The zero-order chi connectivity index (χ0) is 19.5. The highest BCUT2D eigenvalue weighted by Gasteiger charge is 2.28. The van der Waals surface area contributed by atoms with Gasteiger partial charge in [0.1, 0.15) is 5.75 Å². The topological polar surface area (TPSA) is 104 Å². The second-order valence-corrected chi connectivity index (χ2v) is 6.24. The predicted molar refractivity (Wildman–Crippen MR) is 105 cm³/mol. The molecule has 27 heavy (non-hydrogen) atoms. The quantitative estimate of drug-likeness (QED) is 0.271. The van der Waals surface area contributed by atoms with Gasteiger partial charge in [0.25, 0.3) is 5.91 Å². The predicted octanol–water partition coefficient (Wildman–Crippen LogP) is 0.506.